The SMILES string of the molecule is Fc1cncc(-c2nc(C3CNCCO3)no2)c1. The van der Waals surface area contributed by atoms with Crippen LogP contribution in [-0.4, -0.2) is 34.8 Å². The fourth-order valence-electron chi connectivity index (χ4n) is 1.74. The third kappa shape index (κ3) is 2.22. The Labute approximate surface area is 102 Å². The third-order valence-electron chi connectivity index (χ3n) is 2.61. The zero-order valence-corrected chi connectivity index (χ0v) is 9.47. The molecule has 6 nitrogen and oxygen atoms in total. The summed E-state index contributed by atoms with van der Waals surface area (Å²) in [5, 5.41) is 7.02. The lowest BCUT2D eigenvalue weighted by Gasteiger charge is -2.20. The summed E-state index contributed by atoms with van der Waals surface area (Å²) in [6.07, 6.45) is 2.37. The van der Waals surface area contributed by atoms with Crippen LogP contribution in [0.2, 0.25) is 0 Å². The van der Waals surface area contributed by atoms with E-state index in [1.54, 1.807) is 0 Å². The molecule has 7 heteroatoms. The number of morpholine rings is 1. The van der Waals surface area contributed by atoms with E-state index in [-0.39, 0.29) is 12.0 Å². The highest BCUT2D eigenvalue weighted by Crippen LogP contribution is 2.21. The first-order valence-electron chi connectivity index (χ1n) is 5.60. The second-order valence-electron chi connectivity index (χ2n) is 3.91. The van der Waals surface area contributed by atoms with Crippen LogP contribution in [-0.2, 0) is 4.74 Å². The summed E-state index contributed by atoms with van der Waals surface area (Å²) in [5.74, 6) is 0.260. The molecule has 0 aliphatic carbocycles. The first-order valence-corrected chi connectivity index (χ1v) is 5.60. The molecule has 3 rings (SSSR count). The minimum Gasteiger partial charge on any atom is -0.367 e. The lowest BCUT2D eigenvalue weighted by Crippen LogP contribution is -2.33. The van der Waals surface area contributed by atoms with Gasteiger partial charge in [0.25, 0.3) is 5.89 Å². The monoisotopic (exact) mass is 250 g/mol. The standard InChI is InChI=1S/C11H11FN4O2/c12-8-3-7(4-14-5-8)11-15-10(16-18-11)9-6-13-1-2-17-9/h3-5,9,13H,1-2,6H2. The summed E-state index contributed by atoms with van der Waals surface area (Å²) in [6, 6.07) is 1.30. The van der Waals surface area contributed by atoms with E-state index in [0.717, 1.165) is 12.7 Å². The number of rotatable bonds is 2. The van der Waals surface area contributed by atoms with E-state index >= 15 is 0 Å². The first-order chi connectivity index (χ1) is 8.83. The summed E-state index contributed by atoms with van der Waals surface area (Å²) in [5.41, 5.74) is 0.456. The smallest absolute Gasteiger partial charge is 0.259 e. The van der Waals surface area contributed by atoms with E-state index in [4.69, 9.17) is 9.26 Å². The number of nitrogens with one attached hydrogen (secondary N) is 1. The van der Waals surface area contributed by atoms with Crippen LogP contribution < -0.4 is 5.32 Å². The van der Waals surface area contributed by atoms with Crippen molar-refractivity contribution in [3.63, 3.8) is 0 Å². The molecule has 3 heterocycles. The molecule has 0 spiro atoms. The Morgan fingerprint density at radius 1 is 1.39 bits per heavy atom. The maximum absolute atomic E-state index is 13.0. The second kappa shape index (κ2) is 4.79. The van der Waals surface area contributed by atoms with E-state index in [2.05, 4.69) is 20.4 Å². The maximum atomic E-state index is 13.0. The van der Waals surface area contributed by atoms with E-state index in [0.29, 0.717) is 24.5 Å². The predicted molar refractivity (Wildman–Crippen MR) is 59.0 cm³/mol. The van der Waals surface area contributed by atoms with Gasteiger partial charge in [-0.25, -0.2) is 4.39 Å². The van der Waals surface area contributed by atoms with Gasteiger partial charge in [0.2, 0.25) is 5.82 Å². The van der Waals surface area contributed by atoms with Crippen molar-refractivity contribution in [2.75, 3.05) is 19.7 Å². The Hall–Kier alpha value is -1.86. The number of pyridine rings is 1. The number of halogens is 1. The summed E-state index contributed by atoms with van der Waals surface area (Å²) in [7, 11) is 0. The third-order valence-corrected chi connectivity index (χ3v) is 2.61. The van der Waals surface area contributed by atoms with Crippen LogP contribution >= 0.6 is 0 Å². The second-order valence-corrected chi connectivity index (χ2v) is 3.91. The van der Waals surface area contributed by atoms with Gasteiger partial charge in [-0.2, -0.15) is 4.98 Å². The molecular formula is C11H11FN4O2. The summed E-state index contributed by atoms with van der Waals surface area (Å²) < 4.78 is 23.6. The van der Waals surface area contributed by atoms with Gasteiger partial charge in [0.1, 0.15) is 11.9 Å². The molecule has 0 saturated carbocycles. The zero-order chi connectivity index (χ0) is 12.4. The van der Waals surface area contributed by atoms with Gasteiger partial charge in [-0.1, -0.05) is 5.16 Å². The number of aromatic nitrogens is 3. The minimum atomic E-state index is -0.442. The predicted octanol–water partition coefficient (Wildman–Crippen LogP) is 0.932. The molecule has 1 unspecified atom stereocenters. The van der Waals surface area contributed by atoms with Gasteiger partial charge in [-0.15, -0.1) is 0 Å². The Bertz CT molecular complexity index is 539. The van der Waals surface area contributed by atoms with E-state index in [1.165, 1.54) is 12.3 Å². The molecule has 18 heavy (non-hydrogen) atoms. The van der Waals surface area contributed by atoms with E-state index in [1.807, 2.05) is 0 Å². The van der Waals surface area contributed by atoms with Crippen molar-refractivity contribution in [1.29, 1.82) is 0 Å². The Morgan fingerprint density at radius 2 is 2.33 bits per heavy atom. The fraction of sp³-hybridized carbons (Fsp3) is 0.364. The van der Waals surface area contributed by atoms with Gasteiger partial charge < -0.3 is 14.6 Å². The normalized spacial score (nSPS) is 19.9. The van der Waals surface area contributed by atoms with Crippen molar-refractivity contribution >= 4 is 0 Å². The van der Waals surface area contributed by atoms with Gasteiger partial charge >= 0.3 is 0 Å². The van der Waals surface area contributed by atoms with Gasteiger partial charge in [-0.05, 0) is 6.07 Å². The highest BCUT2D eigenvalue weighted by molar-refractivity contribution is 5.50. The largest absolute Gasteiger partial charge is 0.367 e. The molecule has 1 saturated heterocycles. The fourth-order valence-corrected chi connectivity index (χ4v) is 1.74. The Balaban J connectivity index is 1.84. The number of ether oxygens (including phenoxy) is 1. The van der Waals surface area contributed by atoms with Gasteiger partial charge in [-0.3, -0.25) is 4.98 Å². The summed E-state index contributed by atoms with van der Waals surface area (Å²) >= 11 is 0. The van der Waals surface area contributed by atoms with Crippen LogP contribution in [0, 0.1) is 5.82 Å². The van der Waals surface area contributed by atoms with Gasteiger partial charge in [0.15, 0.2) is 0 Å². The lowest BCUT2D eigenvalue weighted by molar-refractivity contribution is 0.0208. The quantitative estimate of drug-likeness (QED) is 0.854. The summed E-state index contributed by atoms with van der Waals surface area (Å²) in [4.78, 5) is 7.93. The van der Waals surface area contributed by atoms with Crippen LogP contribution in [0.25, 0.3) is 11.5 Å². The summed E-state index contributed by atoms with van der Waals surface area (Å²) in [6.45, 7) is 2.06. The van der Waals surface area contributed by atoms with Crippen LogP contribution in [0.4, 0.5) is 4.39 Å². The van der Waals surface area contributed by atoms with Crippen molar-refractivity contribution in [2.45, 2.75) is 6.10 Å². The van der Waals surface area contributed by atoms with Crippen molar-refractivity contribution in [2.24, 2.45) is 0 Å². The van der Waals surface area contributed by atoms with Crippen LogP contribution in [0.1, 0.15) is 11.9 Å². The van der Waals surface area contributed by atoms with Gasteiger partial charge in [0, 0.05) is 19.3 Å². The van der Waals surface area contributed by atoms with Crippen molar-refractivity contribution in [1.82, 2.24) is 20.4 Å². The molecule has 0 amide bonds. The highest BCUT2D eigenvalue weighted by Gasteiger charge is 2.22. The number of nitrogens with zero attached hydrogens (tertiary/aromatic N) is 3. The molecule has 2 aromatic rings. The van der Waals surface area contributed by atoms with Crippen molar-refractivity contribution < 1.29 is 13.7 Å². The molecule has 1 aliphatic heterocycles. The zero-order valence-electron chi connectivity index (χ0n) is 9.47. The van der Waals surface area contributed by atoms with Crippen LogP contribution in [0.5, 0.6) is 0 Å². The van der Waals surface area contributed by atoms with Crippen molar-refractivity contribution in [3.8, 4) is 11.5 Å². The van der Waals surface area contributed by atoms with E-state index in [9.17, 15) is 4.39 Å². The average molecular weight is 250 g/mol. The Kier molecular flexibility index (Phi) is 2.99. The van der Waals surface area contributed by atoms with E-state index < -0.39 is 5.82 Å². The molecule has 1 N–H and O–H groups in total. The maximum Gasteiger partial charge on any atom is 0.259 e. The average Bonchev–Trinajstić information content (AvgIpc) is 2.89. The topological polar surface area (TPSA) is 73.1 Å². The molecule has 1 aliphatic rings. The molecular weight excluding hydrogens is 239 g/mol. The highest BCUT2D eigenvalue weighted by atomic mass is 19.1. The minimum absolute atomic E-state index is 0.224. The molecule has 0 bridgehead atoms. The molecule has 2 aromatic heterocycles. The van der Waals surface area contributed by atoms with Crippen LogP contribution in [0.15, 0.2) is 23.0 Å². The number of hydrogen-bond acceptors (Lipinski definition) is 6. The van der Waals surface area contributed by atoms with Crippen LogP contribution in [0.3, 0.4) is 0 Å². The number of hydrogen-bond donors (Lipinski definition) is 1. The molecule has 1 fully saturated rings. The molecule has 1 atom stereocenters. The van der Waals surface area contributed by atoms with Crippen molar-refractivity contribution in [3.05, 3.63) is 30.1 Å². The lowest BCUT2D eigenvalue weighted by atomic mass is 10.2. The molecule has 94 valence electrons. The van der Waals surface area contributed by atoms with Gasteiger partial charge in [0.05, 0.1) is 18.4 Å². The molecule has 0 radical (unpaired) electrons. The first kappa shape index (κ1) is 11.2. The molecule has 0 aromatic carbocycles. The Morgan fingerprint density at radius 3 is 3.11 bits per heavy atom.